The van der Waals surface area contributed by atoms with Crippen molar-refractivity contribution in [1.82, 2.24) is 26.1 Å². The van der Waals surface area contributed by atoms with Gasteiger partial charge in [-0.15, -0.1) is 35.3 Å². The van der Waals surface area contributed by atoms with Gasteiger partial charge in [-0.25, -0.2) is 4.98 Å². The van der Waals surface area contributed by atoms with Crippen LogP contribution in [0.15, 0.2) is 15.0 Å². The predicted molar refractivity (Wildman–Crippen MR) is 118 cm³/mol. The van der Waals surface area contributed by atoms with E-state index in [9.17, 15) is 4.79 Å². The first-order valence-electron chi connectivity index (χ1n) is 8.69. The molecule has 2 heterocycles. The molecule has 0 aromatic carbocycles. The third-order valence-electron chi connectivity index (χ3n) is 3.92. The summed E-state index contributed by atoms with van der Waals surface area (Å²) in [6.07, 6.45) is 1.63. The standard InChI is InChI=1S/C17H26N6O2S.HI/c1-5-13-12(14(6-2)25-23-13)9-21-17(18-4)20-8-7-19-16(24)15-11(3)22-10-26-15;/h10H,5-9H2,1-4H3,(H,19,24)(H2,18,20,21);1H. The summed E-state index contributed by atoms with van der Waals surface area (Å²) in [5.74, 6) is 1.47. The lowest BCUT2D eigenvalue weighted by Crippen LogP contribution is -2.41. The number of halogens is 1. The van der Waals surface area contributed by atoms with E-state index in [0.717, 1.165) is 35.6 Å². The highest BCUT2D eigenvalue weighted by Crippen LogP contribution is 2.15. The normalized spacial score (nSPS) is 11.0. The van der Waals surface area contributed by atoms with E-state index >= 15 is 0 Å². The quantitative estimate of drug-likeness (QED) is 0.220. The minimum atomic E-state index is -0.0978. The van der Waals surface area contributed by atoms with Gasteiger partial charge >= 0.3 is 0 Å². The van der Waals surface area contributed by atoms with Gasteiger partial charge in [-0.05, 0) is 13.3 Å². The average Bonchev–Trinajstić information content (AvgIpc) is 3.26. The number of aryl methyl sites for hydroxylation is 3. The van der Waals surface area contributed by atoms with Crippen LogP contribution in [-0.2, 0) is 19.4 Å². The fourth-order valence-corrected chi connectivity index (χ4v) is 3.21. The number of carbonyl (C=O) groups is 1. The molecule has 10 heteroatoms. The Balaban J connectivity index is 0.00000364. The Morgan fingerprint density at radius 3 is 2.56 bits per heavy atom. The fourth-order valence-electron chi connectivity index (χ4n) is 2.49. The molecule has 0 fully saturated rings. The minimum absolute atomic E-state index is 0. The third kappa shape index (κ3) is 6.45. The maximum absolute atomic E-state index is 12.0. The summed E-state index contributed by atoms with van der Waals surface area (Å²) in [4.78, 5) is 21.0. The first-order chi connectivity index (χ1) is 12.6. The summed E-state index contributed by atoms with van der Waals surface area (Å²) >= 11 is 1.35. The van der Waals surface area contributed by atoms with E-state index in [4.69, 9.17) is 4.52 Å². The van der Waals surface area contributed by atoms with Crippen LogP contribution in [0.2, 0.25) is 0 Å². The van der Waals surface area contributed by atoms with E-state index in [1.807, 2.05) is 13.8 Å². The molecule has 2 rings (SSSR count). The molecule has 1 amide bonds. The zero-order valence-corrected chi connectivity index (χ0v) is 19.2. The van der Waals surface area contributed by atoms with Gasteiger partial charge in [-0.2, -0.15) is 0 Å². The number of hydrogen-bond acceptors (Lipinski definition) is 6. The largest absolute Gasteiger partial charge is 0.361 e. The number of carbonyl (C=O) groups excluding carboxylic acids is 1. The second-order valence-corrected chi connectivity index (χ2v) is 6.47. The van der Waals surface area contributed by atoms with Gasteiger partial charge in [0.05, 0.1) is 16.9 Å². The van der Waals surface area contributed by atoms with Crippen LogP contribution in [0.25, 0.3) is 0 Å². The predicted octanol–water partition coefficient (Wildman–Crippen LogP) is 2.28. The molecule has 0 aliphatic rings. The zero-order valence-electron chi connectivity index (χ0n) is 16.1. The molecule has 0 radical (unpaired) electrons. The van der Waals surface area contributed by atoms with Crippen LogP contribution in [0.1, 0.15) is 46.2 Å². The molecule has 27 heavy (non-hydrogen) atoms. The molecule has 0 aliphatic carbocycles. The van der Waals surface area contributed by atoms with Crippen molar-refractivity contribution in [3.8, 4) is 0 Å². The minimum Gasteiger partial charge on any atom is -0.361 e. The Bertz CT molecular complexity index is 737. The Labute approximate surface area is 180 Å². The molecule has 0 saturated carbocycles. The van der Waals surface area contributed by atoms with Crippen molar-refractivity contribution < 1.29 is 9.32 Å². The van der Waals surface area contributed by atoms with Gasteiger partial charge in [-0.1, -0.05) is 19.0 Å². The van der Waals surface area contributed by atoms with Gasteiger partial charge in [-0.3, -0.25) is 9.79 Å². The summed E-state index contributed by atoms with van der Waals surface area (Å²) in [5.41, 5.74) is 4.49. The first kappa shape index (κ1) is 23.3. The number of nitrogens with zero attached hydrogens (tertiary/aromatic N) is 3. The number of guanidine groups is 1. The number of aliphatic imine (C=N–C) groups is 1. The van der Waals surface area contributed by atoms with Crippen LogP contribution in [0.3, 0.4) is 0 Å². The van der Waals surface area contributed by atoms with E-state index < -0.39 is 0 Å². The van der Waals surface area contributed by atoms with E-state index in [-0.39, 0.29) is 29.9 Å². The van der Waals surface area contributed by atoms with Crippen molar-refractivity contribution in [2.24, 2.45) is 4.99 Å². The number of hydrogen-bond donors (Lipinski definition) is 3. The van der Waals surface area contributed by atoms with Crippen molar-refractivity contribution in [2.75, 3.05) is 20.1 Å². The number of aromatic nitrogens is 2. The molecule has 2 aromatic heterocycles. The van der Waals surface area contributed by atoms with E-state index in [1.54, 1.807) is 12.6 Å². The lowest BCUT2D eigenvalue weighted by molar-refractivity contribution is 0.0957. The molecule has 150 valence electrons. The summed E-state index contributed by atoms with van der Waals surface area (Å²) in [7, 11) is 1.71. The van der Waals surface area contributed by atoms with Crippen LogP contribution < -0.4 is 16.0 Å². The Kier molecular flexibility index (Phi) is 10.3. The maximum Gasteiger partial charge on any atom is 0.263 e. The zero-order chi connectivity index (χ0) is 18.9. The molecule has 0 bridgehead atoms. The molecule has 0 atom stereocenters. The lowest BCUT2D eigenvalue weighted by Gasteiger charge is -2.12. The van der Waals surface area contributed by atoms with Gasteiger partial charge < -0.3 is 20.5 Å². The second kappa shape index (κ2) is 11.9. The molecule has 0 saturated heterocycles. The monoisotopic (exact) mass is 506 g/mol. The number of rotatable bonds is 8. The van der Waals surface area contributed by atoms with Gasteiger partial charge in [0.2, 0.25) is 0 Å². The SMILES string of the molecule is CCc1noc(CC)c1CNC(=NC)NCCNC(=O)c1scnc1C.I. The first-order valence-corrected chi connectivity index (χ1v) is 9.57. The topological polar surface area (TPSA) is 104 Å². The van der Waals surface area contributed by atoms with Crippen LogP contribution in [-0.4, -0.2) is 42.1 Å². The molecule has 0 aliphatic heterocycles. The van der Waals surface area contributed by atoms with E-state index in [2.05, 4.69) is 38.0 Å². The smallest absolute Gasteiger partial charge is 0.263 e. The molecular formula is C17H27IN6O2S. The Morgan fingerprint density at radius 1 is 1.22 bits per heavy atom. The summed E-state index contributed by atoms with van der Waals surface area (Å²) < 4.78 is 5.37. The highest BCUT2D eigenvalue weighted by atomic mass is 127. The average molecular weight is 506 g/mol. The van der Waals surface area contributed by atoms with Crippen molar-refractivity contribution in [1.29, 1.82) is 0 Å². The molecule has 0 unspecified atom stereocenters. The van der Waals surface area contributed by atoms with Crippen molar-refractivity contribution in [2.45, 2.75) is 40.2 Å². The molecule has 0 spiro atoms. The third-order valence-corrected chi connectivity index (χ3v) is 4.85. The molecule has 3 N–H and O–H groups in total. The number of amides is 1. The fraction of sp³-hybridized carbons (Fsp3) is 0.529. The van der Waals surface area contributed by atoms with Crippen LogP contribution in [0, 0.1) is 6.92 Å². The number of thiazole rings is 1. The van der Waals surface area contributed by atoms with Crippen molar-refractivity contribution >= 4 is 47.2 Å². The molecule has 8 nitrogen and oxygen atoms in total. The van der Waals surface area contributed by atoms with Gasteiger partial charge in [0.25, 0.3) is 5.91 Å². The Hall–Kier alpha value is -1.69. The summed E-state index contributed by atoms with van der Waals surface area (Å²) in [6.45, 7) is 7.58. The van der Waals surface area contributed by atoms with Crippen molar-refractivity contribution in [3.63, 3.8) is 0 Å². The molecule has 2 aromatic rings. The second-order valence-electron chi connectivity index (χ2n) is 5.61. The van der Waals surface area contributed by atoms with Crippen LogP contribution >= 0.6 is 35.3 Å². The van der Waals surface area contributed by atoms with Crippen LogP contribution in [0.5, 0.6) is 0 Å². The lowest BCUT2D eigenvalue weighted by atomic mass is 10.1. The van der Waals surface area contributed by atoms with Crippen LogP contribution in [0.4, 0.5) is 0 Å². The van der Waals surface area contributed by atoms with Gasteiger partial charge in [0, 0.05) is 38.7 Å². The maximum atomic E-state index is 12.0. The summed E-state index contributed by atoms with van der Waals surface area (Å²) in [5, 5.41) is 13.4. The number of nitrogens with one attached hydrogen (secondary N) is 3. The van der Waals surface area contributed by atoms with Crippen molar-refractivity contribution in [3.05, 3.63) is 33.1 Å². The van der Waals surface area contributed by atoms with E-state index in [0.29, 0.717) is 30.5 Å². The highest BCUT2D eigenvalue weighted by molar-refractivity contribution is 14.0. The summed E-state index contributed by atoms with van der Waals surface area (Å²) in [6, 6.07) is 0. The molecular weight excluding hydrogens is 479 g/mol. The van der Waals surface area contributed by atoms with Gasteiger partial charge in [0.1, 0.15) is 10.6 Å². The van der Waals surface area contributed by atoms with E-state index in [1.165, 1.54) is 11.3 Å². The highest BCUT2D eigenvalue weighted by Gasteiger charge is 2.14. The van der Waals surface area contributed by atoms with Gasteiger partial charge in [0.15, 0.2) is 5.96 Å². The Morgan fingerprint density at radius 2 is 1.96 bits per heavy atom.